The third kappa shape index (κ3) is 3.74. The molecule has 3 fully saturated rings. The molecule has 7 heteroatoms. The molecule has 1 aromatic carbocycles. The van der Waals surface area contributed by atoms with Gasteiger partial charge in [0.1, 0.15) is 5.54 Å². The summed E-state index contributed by atoms with van der Waals surface area (Å²) in [6.45, 7) is 5.64. The molecule has 4 heterocycles. The van der Waals surface area contributed by atoms with Crippen molar-refractivity contribution in [2.75, 3.05) is 39.3 Å². The number of halogens is 1. The van der Waals surface area contributed by atoms with Crippen LogP contribution >= 0.6 is 11.6 Å². The second-order valence-corrected chi connectivity index (χ2v) is 10.1. The van der Waals surface area contributed by atoms with Crippen LogP contribution in [0.25, 0.3) is 16.6 Å². The highest BCUT2D eigenvalue weighted by Gasteiger charge is 2.56. The maximum absolute atomic E-state index is 13.5. The lowest BCUT2D eigenvalue weighted by atomic mass is 9.89. The summed E-state index contributed by atoms with van der Waals surface area (Å²) < 4.78 is 2.22. The minimum Gasteiger partial charge on any atom is -0.341 e. The standard InChI is InChI=1S/C26H30ClN5O/c27-20-1-3-21(4-2-20)32-18-23(22-5-10-29-17-24(22)32)19-6-13-30(14-7-19)25(33)26(8-9-26)31-15-11-28-12-16-31/h1-5,10,17-19,28H,6-9,11-16H2. The van der Waals surface area contributed by atoms with Crippen LogP contribution in [-0.4, -0.2) is 70.1 Å². The third-order valence-corrected chi connectivity index (χ3v) is 8.06. The van der Waals surface area contributed by atoms with Gasteiger partial charge in [0.15, 0.2) is 0 Å². The van der Waals surface area contributed by atoms with Crippen molar-refractivity contribution in [2.24, 2.45) is 0 Å². The maximum atomic E-state index is 13.5. The average molecular weight is 464 g/mol. The highest BCUT2D eigenvalue weighted by atomic mass is 35.5. The van der Waals surface area contributed by atoms with Gasteiger partial charge < -0.3 is 14.8 Å². The molecule has 1 N–H and O–H groups in total. The lowest BCUT2D eigenvalue weighted by Gasteiger charge is -2.39. The number of benzene rings is 1. The van der Waals surface area contributed by atoms with E-state index in [1.807, 2.05) is 36.7 Å². The molecule has 2 aliphatic heterocycles. The van der Waals surface area contributed by atoms with E-state index < -0.39 is 0 Å². The Balaban J connectivity index is 1.21. The molecule has 3 aliphatic rings. The van der Waals surface area contributed by atoms with Crippen LogP contribution in [0.3, 0.4) is 0 Å². The van der Waals surface area contributed by atoms with E-state index in [1.54, 1.807) is 0 Å². The number of hydrogen-bond acceptors (Lipinski definition) is 4. The minimum atomic E-state index is -0.203. The van der Waals surface area contributed by atoms with Crippen molar-refractivity contribution >= 4 is 28.4 Å². The van der Waals surface area contributed by atoms with Crippen molar-refractivity contribution in [2.45, 2.75) is 37.1 Å². The van der Waals surface area contributed by atoms with E-state index in [4.69, 9.17) is 11.6 Å². The SMILES string of the molecule is O=C(N1CCC(c2cn(-c3ccc(Cl)cc3)c3cnccc23)CC1)C1(N2CCNCC2)CC1. The van der Waals surface area contributed by atoms with Gasteiger partial charge in [-0.3, -0.25) is 14.7 Å². The number of piperazine rings is 1. The van der Waals surface area contributed by atoms with Crippen molar-refractivity contribution in [3.8, 4) is 5.69 Å². The number of aromatic nitrogens is 2. The first-order valence-electron chi connectivity index (χ1n) is 12.1. The maximum Gasteiger partial charge on any atom is 0.243 e. The number of likely N-dealkylation sites (tertiary alicyclic amines) is 1. The van der Waals surface area contributed by atoms with Gasteiger partial charge in [0.2, 0.25) is 5.91 Å². The predicted molar refractivity (Wildman–Crippen MR) is 131 cm³/mol. The summed E-state index contributed by atoms with van der Waals surface area (Å²) >= 11 is 6.11. The molecule has 0 radical (unpaired) electrons. The quantitative estimate of drug-likeness (QED) is 0.639. The number of carbonyl (C=O) groups is 1. The molecule has 6 rings (SSSR count). The number of pyridine rings is 1. The van der Waals surface area contributed by atoms with E-state index in [0.717, 1.165) is 81.2 Å². The summed E-state index contributed by atoms with van der Waals surface area (Å²) in [7, 11) is 0. The van der Waals surface area contributed by atoms with Crippen LogP contribution in [0.15, 0.2) is 48.9 Å². The fourth-order valence-electron chi connectivity index (χ4n) is 5.81. The molecule has 0 unspecified atom stereocenters. The third-order valence-electron chi connectivity index (χ3n) is 7.81. The van der Waals surface area contributed by atoms with Gasteiger partial charge >= 0.3 is 0 Å². The van der Waals surface area contributed by atoms with Gasteiger partial charge in [-0.15, -0.1) is 0 Å². The topological polar surface area (TPSA) is 53.4 Å². The van der Waals surface area contributed by atoms with Gasteiger partial charge in [-0.25, -0.2) is 0 Å². The van der Waals surface area contributed by atoms with E-state index >= 15 is 0 Å². The van der Waals surface area contributed by atoms with Crippen LogP contribution < -0.4 is 5.32 Å². The summed E-state index contributed by atoms with van der Waals surface area (Å²) in [4.78, 5) is 22.5. The Bertz CT molecular complexity index is 1160. The molecule has 0 atom stereocenters. The number of piperidine rings is 1. The molecule has 33 heavy (non-hydrogen) atoms. The van der Waals surface area contributed by atoms with Gasteiger partial charge in [-0.05, 0) is 67.5 Å². The van der Waals surface area contributed by atoms with Gasteiger partial charge in [0, 0.05) is 67.8 Å². The normalized spacial score (nSPS) is 21.4. The molecular formula is C26H30ClN5O. The number of carbonyl (C=O) groups excluding carboxylic acids is 1. The highest BCUT2D eigenvalue weighted by Crippen LogP contribution is 2.45. The van der Waals surface area contributed by atoms with Crippen LogP contribution in [0, 0.1) is 0 Å². The number of nitrogens with one attached hydrogen (secondary N) is 1. The molecule has 0 spiro atoms. The van der Waals surface area contributed by atoms with Gasteiger partial charge in [0.25, 0.3) is 0 Å². The smallest absolute Gasteiger partial charge is 0.243 e. The summed E-state index contributed by atoms with van der Waals surface area (Å²) in [6.07, 6.45) is 10.1. The number of nitrogens with zero attached hydrogens (tertiary/aromatic N) is 4. The van der Waals surface area contributed by atoms with E-state index in [-0.39, 0.29) is 5.54 Å². The van der Waals surface area contributed by atoms with E-state index in [2.05, 4.69) is 36.9 Å². The fraction of sp³-hybridized carbons (Fsp3) is 0.462. The minimum absolute atomic E-state index is 0.203. The lowest BCUT2D eigenvalue weighted by molar-refractivity contribution is -0.140. The Morgan fingerprint density at radius 1 is 1.03 bits per heavy atom. The molecule has 1 aliphatic carbocycles. The Labute approximate surface area is 199 Å². The zero-order valence-corrected chi connectivity index (χ0v) is 19.6. The van der Waals surface area contributed by atoms with Crippen molar-refractivity contribution in [3.05, 3.63) is 59.5 Å². The average Bonchev–Trinajstić information content (AvgIpc) is 3.60. The highest BCUT2D eigenvalue weighted by molar-refractivity contribution is 6.30. The second-order valence-electron chi connectivity index (χ2n) is 9.66. The molecule has 1 saturated carbocycles. The molecule has 2 aromatic heterocycles. The first-order chi connectivity index (χ1) is 16.2. The fourth-order valence-corrected chi connectivity index (χ4v) is 5.93. The Morgan fingerprint density at radius 2 is 1.76 bits per heavy atom. The molecule has 2 saturated heterocycles. The molecule has 1 amide bonds. The summed E-state index contributed by atoms with van der Waals surface area (Å²) in [6, 6.07) is 10.1. The predicted octanol–water partition coefficient (Wildman–Crippen LogP) is 3.82. The van der Waals surface area contributed by atoms with E-state index in [1.165, 1.54) is 10.9 Å². The monoisotopic (exact) mass is 463 g/mol. The largest absolute Gasteiger partial charge is 0.341 e. The summed E-state index contributed by atoms with van der Waals surface area (Å²) in [5, 5.41) is 5.40. The van der Waals surface area contributed by atoms with Gasteiger partial charge in [-0.1, -0.05) is 11.6 Å². The second kappa shape index (κ2) is 8.42. The Morgan fingerprint density at radius 3 is 2.45 bits per heavy atom. The zero-order chi connectivity index (χ0) is 22.4. The molecule has 3 aromatic rings. The molecular weight excluding hydrogens is 434 g/mol. The van der Waals surface area contributed by atoms with Crippen LogP contribution in [0.1, 0.15) is 37.2 Å². The van der Waals surface area contributed by atoms with Crippen LogP contribution in [0.5, 0.6) is 0 Å². The molecule has 172 valence electrons. The number of rotatable bonds is 4. The zero-order valence-electron chi connectivity index (χ0n) is 18.8. The lowest BCUT2D eigenvalue weighted by Crippen LogP contribution is -2.57. The molecule has 6 nitrogen and oxygen atoms in total. The molecule has 0 bridgehead atoms. The van der Waals surface area contributed by atoms with Crippen molar-refractivity contribution in [1.82, 2.24) is 24.7 Å². The van der Waals surface area contributed by atoms with Gasteiger partial charge in [-0.2, -0.15) is 0 Å². The van der Waals surface area contributed by atoms with Crippen molar-refractivity contribution < 1.29 is 4.79 Å². The van der Waals surface area contributed by atoms with Crippen molar-refractivity contribution in [3.63, 3.8) is 0 Å². The first kappa shape index (κ1) is 21.1. The summed E-state index contributed by atoms with van der Waals surface area (Å²) in [5.74, 6) is 0.817. The van der Waals surface area contributed by atoms with Crippen LogP contribution in [0.4, 0.5) is 0 Å². The Hall–Kier alpha value is -2.41. The van der Waals surface area contributed by atoms with Gasteiger partial charge in [0.05, 0.1) is 11.7 Å². The number of fused-ring (bicyclic) bond motifs is 1. The summed E-state index contributed by atoms with van der Waals surface area (Å²) in [5.41, 5.74) is 3.36. The Kier molecular flexibility index (Phi) is 5.40. The van der Waals surface area contributed by atoms with E-state index in [0.29, 0.717) is 11.8 Å². The first-order valence-corrected chi connectivity index (χ1v) is 12.5. The van der Waals surface area contributed by atoms with E-state index in [9.17, 15) is 4.79 Å². The van der Waals surface area contributed by atoms with Crippen LogP contribution in [-0.2, 0) is 4.79 Å². The van der Waals surface area contributed by atoms with Crippen molar-refractivity contribution in [1.29, 1.82) is 0 Å². The number of hydrogen-bond donors (Lipinski definition) is 1. The number of amides is 1. The van der Waals surface area contributed by atoms with Crippen LogP contribution in [0.2, 0.25) is 5.02 Å².